The highest BCUT2D eigenvalue weighted by Gasteiger charge is 2.37. The Labute approximate surface area is 138 Å². The van der Waals surface area contributed by atoms with Gasteiger partial charge in [-0.15, -0.1) is 10.2 Å². The van der Waals surface area contributed by atoms with Crippen molar-refractivity contribution >= 4 is 28.3 Å². The van der Waals surface area contributed by atoms with Gasteiger partial charge in [-0.1, -0.05) is 41.7 Å². The molecule has 1 aliphatic heterocycles. The van der Waals surface area contributed by atoms with E-state index in [9.17, 15) is 9.59 Å². The van der Waals surface area contributed by atoms with Crippen LogP contribution in [0.1, 0.15) is 30.0 Å². The van der Waals surface area contributed by atoms with Gasteiger partial charge in [-0.25, -0.2) is 0 Å². The molecule has 2 amide bonds. The van der Waals surface area contributed by atoms with E-state index in [0.29, 0.717) is 11.7 Å². The van der Waals surface area contributed by atoms with Gasteiger partial charge in [0.05, 0.1) is 12.0 Å². The molecule has 2 heterocycles. The summed E-state index contributed by atoms with van der Waals surface area (Å²) < 4.78 is 0. The number of hydrogen-bond donors (Lipinski definition) is 1. The average Bonchev–Trinajstić information content (AvgIpc) is 3.13. The molecule has 6 nitrogen and oxygen atoms in total. The van der Waals surface area contributed by atoms with E-state index in [0.717, 1.165) is 10.6 Å². The summed E-state index contributed by atoms with van der Waals surface area (Å²) in [5, 5.41) is 11.8. The number of carbonyl (C=O) groups excluding carboxylic acids is 2. The third kappa shape index (κ3) is 3.39. The maximum atomic E-state index is 12.3. The van der Waals surface area contributed by atoms with Crippen LogP contribution in [0.3, 0.4) is 0 Å². The first-order chi connectivity index (χ1) is 11.0. The fourth-order valence-electron chi connectivity index (χ4n) is 2.75. The van der Waals surface area contributed by atoms with Gasteiger partial charge in [-0.2, -0.15) is 0 Å². The molecule has 120 valence electrons. The second kappa shape index (κ2) is 6.45. The molecule has 0 unspecified atom stereocenters. The summed E-state index contributed by atoms with van der Waals surface area (Å²) >= 11 is 1.33. The lowest BCUT2D eigenvalue weighted by Crippen LogP contribution is -2.30. The van der Waals surface area contributed by atoms with Crippen molar-refractivity contribution in [1.29, 1.82) is 0 Å². The van der Waals surface area contributed by atoms with Gasteiger partial charge in [-0.05, 0) is 19.4 Å². The Morgan fingerprint density at radius 2 is 2.09 bits per heavy atom. The zero-order valence-corrected chi connectivity index (χ0v) is 13.8. The molecule has 23 heavy (non-hydrogen) atoms. The lowest BCUT2D eigenvalue weighted by atomic mass is 10.1. The molecule has 0 bridgehead atoms. The molecule has 1 N–H and O–H groups in total. The number of benzene rings is 1. The first kappa shape index (κ1) is 15.6. The van der Waals surface area contributed by atoms with Crippen LogP contribution in [0.15, 0.2) is 30.3 Å². The largest absolute Gasteiger partial charge is 0.335 e. The molecule has 0 saturated carbocycles. The molecule has 1 saturated heterocycles. The van der Waals surface area contributed by atoms with Crippen molar-refractivity contribution in [1.82, 2.24) is 15.1 Å². The summed E-state index contributed by atoms with van der Waals surface area (Å²) in [6.45, 7) is 4.25. The van der Waals surface area contributed by atoms with Crippen LogP contribution in [0.5, 0.6) is 0 Å². The number of rotatable bonds is 4. The molecular formula is C16H18N4O2S. The Bertz CT molecular complexity index is 716. The maximum absolute atomic E-state index is 12.3. The van der Waals surface area contributed by atoms with Crippen molar-refractivity contribution in [2.24, 2.45) is 5.92 Å². The quantitative estimate of drug-likeness (QED) is 0.934. The van der Waals surface area contributed by atoms with E-state index in [1.165, 1.54) is 11.3 Å². The molecule has 3 rings (SSSR count). The van der Waals surface area contributed by atoms with E-state index in [-0.39, 0.29) is 30.2 Å². The first-order valence-corrected chi connectivity index (χ1v) is 8.31. The van der Waals surface area contributed by atoms with Gasteiger partial charge >= 0.3 is 0 Å². The van der Waals surface area contributed by atoms with Crippen molar-refractivity contribution < 1.29 is 9.59 Å². The van der Waals surface area contributed by atoms with Crippen LogP contribution >= 0.6 is 11.3 Å². The number of amides is 2. The maximum Gasteiger partial charge on any atom is 0.231 e. The Balaban J connectivity index is 1.66. The van der Waals surface area contributed by atoms with Crippen molar-refractivity contribution in [3.8, 4) is 0 Å². The number of hydrogen-bond acceptors (Lipinski definition) is 5. The number of likely N-dealkylation sites (tertiary alicyclic amines) is 1. The SMILES string of the molecule is Cc1nnc(NC(=O)[C@H]2CC(=O)N([C@@H](C)c3ccccc3)C2)s1. The normalized spacial score (nSPS) is 19.0. The van der Waals surface area contributed by atoms with Crippen LogP contribution < -0.4 is 5.32 Å². The highest BCUT2D eigenvalue weighted by Crippen LogP contribution is 2.29. The van der Waals surface area contributed by atoms with Crippen LogP contribution in [0, 0.1) is 12.8 Å². The Kier molecular flexibility index (Phi) is 4.38. The fraction of sp³-hybridized carbons (Fsp3) is 0.375. The van der Waals surface area contributed by atoms with E-state index < -0.39 is 0 Å². The number of nitrogens with zero attached hydrogens (tertiary/aromatic N) is 3. The highest BCUT2D eigenvalue weighted by molar-refractivity contribution is 7.15. The van der Waals surface area contributed by atoms with E-state index in [2.05, 4.69) is 15.5 Å². The Morgan fingerprint density at radius 1 is 1.35 bits per heavy atom. The van der Waals surface area contributed by atoms with Gasteiger partial charge < -0.3 is 10.2 Å². The monoisotopic (exact) mass is 330 g/mol. The van der Waals surface area contributed by atoms with Gasteiger partial charge in [0.2, 0.25) is 16.9 Å². The Hall–Kier alpha value is -2.28. The van der Waals surface area contributed by atoms with Gasteiger partial charge in [0.25, 0.3) is 0 Å². The summed E-state index contributed by atoms with van der Waals surface area (Å²) in [4.78, 5) is 26.4. The number of carbonyl (C=O) groups is 2. The summed E-state index contributed by atoms with van der Waals surface area (Å²) in [7, 11) is 0. The molecule has 2 atom stereocenters. The fourth-order valence-corrected chi connectivity index (χ4v) is 3.34. The zero-order chi connectivity index (χ0) is 16.4. The number of anilines is 1. The van der Waals surface area contributed by atoms with Gasteiger partial charge in [-0.3, -0.25) is 9.59 Å². The number of aryl methyl sites for hydroxylation is 1. The van der Waals surface area contributed by atoms with Gasteiger partial charge in [0.15, 0.2) is 0 Å². The third-order valence-corrected chi connectivity index (χ3v) is 4.79. The lowest BCUT2D eigenvalue weighted by molar-refractivity contribution is -0.129. The highest BCUT2D eigenvalue weighted by atomic mass is 32.1. The van der Waals surface area contributed by atoms with E-state index in [4.69, 9.17) is 0 Å². The minimum absolute atomic E-state index is 0.00921. The first-order valence-electron chi connectivity index (χ1n) is 7.50. The van der Waals surface area contributed by atoms with E-state index in [1.807, 2.05) is 44.2 Å². The predicted molar refractivity (Wildman–Crippen MR) is 88.0 cm³/mol. The second-order valence-electron chi connectivity index (χ2n) is 5.65. The smallest absolute Gasteiger partial charge is 0.231 e. The van der Waals surface area contributed by atoms with Crippen LogP contribution in [0.25, 0.3) is 0 Å². The topological polar surface area (TPSA) is 75.2 Å². The molecule has 7 heteroatoms. The van der Waals surface area contributed by atoms with Crippen molar-refractivity contribution in [2.45, 2.75) is 26.3 Å². The third-order valence-electron chi connectivity index (χ3n) is 4.03. The molecular weight excluding hydrogens is 312 g/mol. The molecule has 1 aliphatic rings. The summed E-state index contributed by atoms with van der Waals surface area (Å²) in [6.07, 6.45) is 0.237. The van der Waals surface area contributed by atoms with Crippen molar-refractivity contribution in [3.63, 3.8) is 0 Å². The van der Waals surface area contributed by atoms with Gasteiger partial charge in [0, 0.05) is 13.0 Å². The zero-order valence-electron chi connectivity index (χ0n) is 13.0. The number of aromatic nitrogens is 2. The molecule has 1 aromatic carbocycles. The minimum atomic E-state index is -0.349. The van der Waals surface area contributed by atoms with Crippen molar-refractivity contribution in [3.05, 3.63) is 40.9 Å². The molecule has 1 aromatic heterocycles. The molecule has 2 aromatic rings. The minimum Gasteiger partial charge on any atom is -0.335 e. The molecule has 1 fully saturated rings. The van der Waals surface area contributed by atoms with Crippen LogP contribution in [-0.2, 0) is 9.59 Å². The summed E-state index contributed by atoms with van der Waals surface area (Å²) in [5.41, 5.74) is 1.07. The lowest BCUT2D eigenvalue weighted by Gasteiger charge is -2.25. The molecule has 0 spiro atoms. The van der Waals surface area contributed by atoms with E-state index in [1.54, 1.807) is 4.90 Å². The predicted octanol–water partition coefficient (Wildman–Crippen LogP) is 2.39. The van der Waals surface area contributed by atoms with Crippen LogP contribution in [-0.4, -0.2) is 33.5 Å². The second-order valence-corrected chi connectivity index (χ2v) is 6.83. The van der Waals surface area contributed by atoms with Crippen LogP contribution in [0.2, 0.25) is 0 Å². The molecule has 0 radical (unpaired) electrons. The standard InChI is InChI=1S/C16H18N4O2S/c1-10(12-6-4-3-5-7-12)20-9-13(8-14(20)21)15(22)17-16-19-18-11(2)23-16/h3-7,10,13H,8-9H2,1-2H3,(H,17,19,22)/t10-,13-/m0/s1. The van der Waals surface area contributed by atoms with E-state index >= 15 is 0 Å². The number of nitrogens with one attached hydrogen (secondary N) is 1. The Morgan fingerprint density at radius 3 is 2.74 bits per heavy atom. The van der Waals surface area contributed by atoms with Crippen molar-refractivity contribution in [2.75, 3.05) is 11.9 Å². The average molecular weight is 330 g/mol. The summed E-state index contributed by atoms with van der Waals surface area (Å²) in [6, 6.07) is 9.81. The van der Waals surface area contributed by atoms with Gasteiger partial charge in [0.1, 0.15) is 5.01 Å². The van der Waals surface area contributed by atoms with Crippen LogP contribution in [0.4, 0.5) is 5.13 Å². The summed E-state index contributed by atoms with van der Waals surface area (Å²) in [5.74, 6) is -0.509. The molecule has 0 aliphatic carbocycles.